The first-order valence-electron chi connectivity index (χ1n) is 6.90. The van der Waals surface area contributed by atoms with Crippen LogP contribution in [0.2, 0.25) is 0 Å². The zero-order valence-electron chi connectivity index (χ0n) is 12.9. The van der Waals surface area contributed by atoms with E-state index in [4.69, 9.17) is 10.5 Å². The van der Waals surface area contributed by atoms with E-state index in [-0.39, 0.29) is 11.1 Å². The van der Waals surface area contributed by atoms with Crippen LogP contribution in [0.4, 0.5) is 0 Å². The SMILES string of the molecule is CC(C)(N)CC/C=C/c1ccc(OC(C)(C)C)cc1. The molecule has 1 aromatic carbocycles. The van der Waals surface area contributed by atoms with Gasteiger partial charge in [0.05, 0.1) is 0 Å². The quantitative estimate of drug-likeness (QED) is 0.853. The molecule has 1 rings (SSSR count). The fraction of sp³-hybridized carbons (Fsp3) is 0.529. The maximum absolute atomic E-state index is 5.94. The van der Waals surface area contributed by atoms with Gasteiger partial charge in [0, 0.05) is 5.54 Å². The third kappa shape index (κ3) is 7.68. The van der Waals surface area contributed by atoms with E-state index in [0.717, 1.165) is 18.6 Å². The molecule has 0 atom stereocenters. The lowest BCUT2D eigenvalue weighted by Gasteiger charge is -2.21. The third-order valence-corrected chi connectivity index (χ3v) is 2.57. The number of ether oxygens (including phenoxy) is 1. The van der Waals surface area contributed by atoms with Gasteiger partial charge in [-0.05, 0) is 65.2 Å². The molecule has 2 nitrogen and oxygen atoms in total. The Morgan fingerprint density at radius 3 is 2.11 bits per heavy atom. The normalized spacial score (nSPS) is 12.9. The number of hydrogen-bond donors (Lipinski definition) is 1. The van der Waals surface area contributed by atoms with E-state index in [9.17, 15) is 0 Å². The molecule has 0 spiro atoms. The van der Waals surface area contributed by atoms with Crippen LogP contribution < -0.4 is 10.5 Å². The summed E-state index contributed by atoms with van der Waals surface area (Å²) in [7, 11) is 0. The van der Waals surface area contributed by atoms with E-state index in [2.05, 4.69) is 58.9 Å². The summed E-state index contributed by atoms with van der Waals surface area (Å²) in [5.41, 5.74) is 6.90. The van der Waals surface area contributed by atoms with Crippen molar-refractivity contribution in [3.8, 4) is 5.75 Å². The number of benzene rings is 1. The highest BCUT2D eigenvalue weighted by molar-refractivity contribution is 5.50. The molecule has 0 aliphatic rings. The van der Waals surface area contributed by atoms with Crippen LogP contribution in [0.3, 0.4) is 0 Å². The summed E-state index contributed by atoms with van der Waals surface area (Å²) >= 11 is 0. The van der Waals surface area contributed by atoms with Gasteiger partial charge >= 0.3 is 0 Å². The second kappa shape index (κ2) is 6.25. The summed E-state index contributed by atoms with van der Waals surface area (Å²) in [6.45, 7) is 10.3. The molecule has 0 saturated carbocycles. The Hall–Kier alpha value is -1.28. The van der Waals surface area contributed by atoms with Gasteiger partial charge in [0.15, 0.2) is 0 Å². The van der Waals surface area contributed by atoms with Gasteiger partial charge in [-0.15, -0.1) is 0 Å². The lowest BCUT2D eigenvalue weighted by Crippen LogP contribution is -2.31. The highest BCUT2D eigenvalue weighted by atomic mass is 16.5. The van der Waals surface area contributed by atoms with Gasteiger partial charge in [-0.3, -0.25) is 0 Å². The van der Waals surface area contributed by atoms with Crippen molar-refractivity contribution in [2.45, 2.75) is 58.6 Å². The number of nitrogens with two attached hydrogens (primary N) is 1. The summed E-state index contributed by atoms with van der Waals surface area (Å²) in [5, 5.41) is 0. The molecule has 0 saturated heterocycles. The van der Waals surface area contributed by atoms with E-state index < -0.39 is 0 Å². The fourth-order valence-corrected chi connectivity index (χ4v) is 1.68. The van der Waals surface area contributed by atoms with Crippen molar-refractivity contribution in [1.29, 1.82) is 0 Å². The van der Waals surface area contributed by atoms with Gasteiger partial charge in [0.2, 0.25) is 0 Å². The zero-order valence-corrected chi connectivity index (χ0v) is 12.9. The maximum atomic E-state index is 5.94. The molecule has 0 aliphatic heterocycles. The predicted molar refractivity (Wildman–Crippen MR) is 83.4 cm³/mol. The van der Waals surface area contributed by atoms with E-state index in [0.29, 0.717) is 0 Å². The molecule has 2 N–H and O–H groups in total. The second-order valence-electron chi connectivity index (χ2n) is 6.71. The first-order valence-corrected chi connectivity index (χ1v) is 6.90. The monoisotopic (exact) mass is 261 g/mol. The van der Waals surface area contributed by atoms with Gasteiger partial charge in [-0.1, -0.05) is 24.3 Å². The Morgan fingerprint density at radius 1 is 1.05 bits per heavy atom. The van der Waals surface area contributed by atoms with Crippen LogP contribution >= 0.6 is 0 Å². The van der Waals surface area contributed by atoms with Crippen LogP contribution in [0, 0.1) is 0 Å². The summed E-state index contributed by atoms with van der Waals surface area (Å²) < 4.78 is 5.79. The van der Waals surface area contributed by atoms with Gasteiger partial charge in [-0.2, -0.15) is 0 Å². The Morgan fingerprint density at radius 2 is 1.63 bits per heavy atom. The van der Waals surface area contributed by atoms with Crippen molar-refractivity contribution in [3.05, 3.63) is 35.9 Å². The molecule has 106 valence electrons. The third-order valence-electron chi connectivity index (χ3n) is 2.57. The molecule has 19 heavy (non-hydrogen) atoms. The van der Waals surface area contributed by atoms with E-state index >= 15 is 0 Å². The molecule has 2 heteroatoms. The average molecular weight is 261 g/mol. The van der Waals surface area contributed by atoms with Crippen LogP contribution in [0.1, 0.15) is 53.0 Å². The van der Waals surface area contributed by atoms with Crippen molar-refractivity contribution in [2.24, 2.45) is 5.73 Å². The Balaban J connectivity index is 2.51. The van der Waals surface area contributed by atoms with E-state index in [1.54, 1.807) is 0 Å². The number of rotatable bonds is 5. The van der Waals surface area contributed by atoms with Crippen LogP contribution in [0.25, 0.3) is 6.08 Å². The Kier molecular flexibility index (Phi) is 5.19. The Labute approximate surface area is 117 Å². The molecule has 0 aromatic heterocycles. The highest BCUT2D eigenvalue weighted by Crippen LogP contribution is 2.19. The van der Waals surface area contributed by atoms with Crippen LogP contribution in [0.15, 0.2) is 30.3 Å². The molecule has 0 unspecified atom stereocenters. The van der Waals surface area contributed by atoms with E-state index in [1.165, 1.54) is 5.56 Å². The van der Waals surface area contributed by atoms with Crippen molar-refractivity contribution in [2.75, 3.05) is 0 Å². The molecule has 1 aromatic rings. The molecular formula is C17H27NO. The summed E-state index contributed by atoms with van der Waals surface area (Å²) in [5.74, 6) is 0.910. The molecule has 0 aliphatic carbocycles. The highest BCUT2D eigenvalue weighted by Gasteiger charge is 2.11. The molecule has 0 bridgehead atoms. The van der Waals surface area contributed by atoms with Gasteiger partial charge in [0.25, 0.3) is 0 Å². The van der Waals surface area contributed by atoms with E-state index in [1.807, 2.05) is 12.1 Å². The van der Waals surface area contributed by atoms with Crippen LogP contribution in [-0.2, 0) is 0 Å². The number of allylic oxidation sites excluding steroid dienone is 1. The van der Waals surface area contributed by atoms with Crippen LogP contribution in [0.5, 0.6) is 5.75 Å². The molecule has 0 amide bonds. The van der Waals surface area contributed by atoms with Crippen molar-refractivity contribution < 1.29 is 4.74 Å². The molecule has 0 heterocycles. The van der Waals surface area contributed by atoms with Crippen LogP contribution in [-0.4, -0.2) is 11.1 Å². The van der Waals surface area contributed by atoms with Gasteiger partial charge in [-0.25, -0.2) is 0 Å². The first-order chi connectivity index (χ1) is 8.66. The van der Waals surface area contributed by atoms with Crippen molar-refractivity contribution in [1.82, 2.24) is 0 Å². The largest absolute Gasteiger partial charge is 0.488 e. The lowest BCUT2D eigenvalue weighted by atomic mass is 10.00. The second-order valence-corrected chi connectivity index (χ2v) is 6.71. The minimum absolute atomic E-state index is 0.0885. The lowest BCUT2D eigenvalue weighted by molar-refractivity contribution is 0.131. The molecule has 0 radical (unpaired) electrons. The van der Waals surface area contributed by atoms with Gasteiger partial charge in [0.1, 0.15) is 11.4 Å². The summed E-state index contributed by atoms with van der Waals surface area (Å²) in [4.78, 5) is 0. The Bertz CT molecular complexity index is 404. The minimum atomic E-state index is -0.149. The van der Waals surface area contributed by atoms with Crippen molar-refractivity contribution >= 4 is 6.08 Å². The summed E-state index contributed by atoms with van der Waals surface area (Å²) in [6, 6.07) is 8.17. The maximum Gasteiger partial charge on any atom is 0.120 e. The topological polar surface area (TPSA) is 35.2 Å². The molecule has 0 fully saturated rings. The minimum Gasteiger partial charge on any atom is -0.488 e. The zero-order chi connectivity index (χ0) is 14.5. The smallest absolute Gasteiger partial charge is 0.120 e. The first kappa shape index (κ1) is 15.8. The standard InChI is InChI=1S/C17H27NO/c1-16(2,3)19-15-11-9-14(10-12-15)8-6-7-13-17(4,5)18/h6,8-12H,7,13,18H2,1-5H3/b8-6+. The van der Waals surface area contributed by atoms with Gasteiger partial charge < -0.3 is 10.5 Å². The van der Waals surface area contributed by atoms with Crippen molar-refractivity contribution in [3.63, 3.8) is 0 Å². The average Bonchev–Trinajstić information content (AvgIpc) is 2.23. The predicted octanol–water partition coefficient (Wildman–Crippen LogP) is 4.39. The number of hydrogen-bond acceptors (Lipinski definition) is 2. The fourth-order valence-electron chi connectivity index (χ4n) is 1.68. The molecular weight excluding hydrogens is 234 g/mol. The summed E-state index contributed by atoms with van der Waals surface area (Å²) in [6.07, 6.45) is 6.30.